The summed E-state index contributed by atoms with van der Waals surface area (Å²) in [7, 11) is 1.69. The zero-order valence-corrected chi connectivity index (χ0v) is 17.9. The molecule has 2 heterocycles. The summed E-state index contributed by atoms with van der Waals surface area (Å²) >= 11 is 0. The van der Waals surface area contributed by atoms with Gasteiger partial charge in [-0.05, 0) is 41.3 Å². The van der Waals surface area contributed by atoms with Gasteiger partial charge in [0.05, 0.1) is 24.4 Å². The van der Waals surface area contributed by atoms with E-state index >= 15 is 0 Å². The number of anilines is 1. The molecule has 0 aliphatic carbocycles. The third-order valence-corrected chi connectivity index (χ3v) is 6.18. The summed E-state index contributed by atoms with van der Waals surface area (Å²) in [6.45, 7) is 1.33. The first kappa shape index (κ1) is 22.0. The van der Waals surface area contributed by atoms with Crippen molar-refractivity contribution in [3.8, 4) is 0 Å². The summed E-state index contributed by atoms with van der Waals surface area (Å²) < 4.78 is 13.8. The summed E-state index contributed by atoms with van der Waals surface area (Å²) in [5.74, 6) is -1.24. The van der Waals surface area contributed by atoms with Gasteiger partial charge in [0.1, 0.15) is 6.17 Å². The van der Waals surface area contributed by atoms with Crippen LogP contribution in [0.1, 0.15) is 39.5 Å². The Labute approximate surface area is 185 Å². The summed E-state index contributed by atoms with van der Waals surface area (Å²) in [6.07, 6.45) is 0.0567. The Morgan fingerprint density at radius 3 is 2.81 bits per heavy atom. The van der Waals surface area contributed by atoms with Crippen LogP contribution in [-0.4, -0.2) is 65.5 Å². The Morgan fingerprint density at radius 1 is 1.28 bits per heavy atom. The van der Waals surface area contributed by atoms with Gasteiger partial charge in [0.15, 0.2) is 0 Å². The highest BCUT2D eigenvalue weighted by molar-refractivity contribution is 5.99. The number of rotatable bonds is 7. The first-order valence-electron chi connectivity index (χ1n) is 10.7. The van der Waals surface area contributed by atoms with E-state index in [1.807, 2.05) is 23.1 Å². The Balaban J connectivity index is 1.55. The number of benzene rings is 2. The van der Waals surface area contributed by atoms with E-state index in [9.17, 15) is 23.9 Å². The zero-order chi connectivity index (χ0) is 22.8. The summed E-state index contributed by atoms with van der Waals surface area (Å²) in [5, 5.41) is 12.2. The molecule has 0 saturated carbocycles. The summed E-state index contributed by atoms with van der Waals surface area (Å²) in [4.78, 5) is 39.8. The van der Waals surface area contributed by atoms with Gasteiger partial charge in [-0.3, -0.25) is 14.5 Å². The third kappa shape index (κ3) is 4.80. The van der Waals surface area contributed by atoms with Crippen molar-refractivity contribution in [1.82, 2.24) is 9.80 Å². The molecule has 0 radical (unpaired) electrons. The first-order chi connectivity index (χ1) is 15.3. The minimum Gasteiger partial charge on any atom is -0.478 e. The maximum absolute atomic E-state index is 13.8. The van der Waals surface area contributed by atoms with Crippen LogP contribution in [0.5, 0.6) is 0 Å². The highest BCUT2D eigenvalue weighted by Gasteiger charge is 2.29. The zero-order valence-electron chi connectivity index (χ0n) is 17.9. The second-order valence-electron chi connectivity index (χ2n) is 8.49. The van der Waals surface area contributed by atoms with Crippen LogP contribution in [-0.2, 0) is 22.4 Å². The van der Waals surface area contributed by atoms with E-state index < -0.39 is 18.2 Å². The smallest absolute Gasteiger partial charge is 0.335 e. The molecule has 32 heavy (non-hydrogen) atoms. The van der Waals surface area contributed by atoms with Crippen LogP contribution < -0.4 is 5.32 Å². The molecule has 8 heteroatoms. The number of likely N-dealkylation sites (N-methyl/N-ethyl adjacent to an activating group) is 1. The number of halogens is 1. The fourth-order valence-corrected chi connectivity index (χ4v) is 4.37. The topological polar surface area (TPSA) is 90.0 Å². The Hall–Kier alpha value is -3.26. The van der Waals surface area contributed by atoms with Crippen LogP contribution >= 0.6 is 0 Å². The number of amides is 2. The number of aromatic carboxylic acids is 1. The van der Waals surface area contributed by atoms with Gasteiger partial charge in [-0.1, -0.05) is 24.3 Å². The number of alkyl halides is 1. The molecule has 0 spiro atoms. The quantitative estimate of drug-likeness (QED) is 0.692. The molecule has 2 aromatic carbocycles. The van der Waals surface area contributed by atoms with E-state index in [4.69, 9.17) is 0 Å². The number of nitrogens with one attached hydrogen (secondary N) is 1. The van der Waals surface area contributed by atoms with Crippen molar-refractivity contribution in [3.63, 3.8) is 0 Å². The minimum absolute atomic E-state index is 0.0595. The van der Waals surface area contributed by atoms with Gasteiger partial charge < -0.3 is 15.3 Å². The average molecular weight is 439 g/mol. The van der Waals surface area contributed by atoms with E-state index in [0.29, 0.717) is 38.0 Å². The van der Waals surface area contributed by atoms with Gasteiger partial charge in [-0.25, -0.2) is 9.18 Å². The molecule has 168 valence electrons. The highest BCUT2D eigenvalue weighted by atomic mass is 19.1. The van der Waals surface area contributed by atoms with Crippen LogP contribution in [0, 0.1) is 0 Å². The number of nitrogens with zero attached hydrogens (tertiary/aromatic N) is 2. The lowest BCUT2D eigenvalue weighted by molar-refractivity contribution is -0.131. The number of carboxylic acid groups (broad SMARTS) is 1. The molecule has 0 bridgehead atoms. The Kier molecular flexibility index (Phi) is 6.23. The molecule has 1 unspecified atom stereocenters. The predicted octanol–water partition coefficient (Wildman–Crippen LogP) is 2.67. The minimum atomic E-state index is -1.04. The van der Waals surface area contributed by atoms with Crippen molar-refractivity contribution in [3.05, 3.63) is 64.7 Å². The molecule has 2 aliphatic rings. The lowest BCUT2D eigenvalue weighted by atomic mass is 10.0. The van der Waals surface area contributed by atoms with Crippen molar-refractivity contribution < 1.29 is 23.9 Å². The molecule has 4 rings (SSSR count). The van der Waals surface area contributed by atoms with E-state index in [1.165, 1.54) is 6.07 Å². The number of hydrogen-bond acceptors (Lipinski definition) is 4. The van der Waals surface area contributed by atoms with Crippen LogP contribution in [0.25, 0.3) is 0 Å². The van der Waals surface area contributed by atoms with Crippen LogP contribution in [0.15, 0.2) is 42.5 Å². The molecule has 7 nitrogen and oxygen atoms in total. The fourth-order valence-electron chi connectivity index (χ4n) is 4.37. The second kappa shape index (κ2) is 9.08. The largest absolute Gasteiger partial charge is 0.478 e. The molecule has 2 amide bonds. The standard InChI is InChI=1S/C24H26FN3O4/c1-27(23(30)10-15-5-6-16-12-22(29)26-20(16)9-15)21(14-28-8-7-19(25)13-28)17-3-2-4-18(11-17)24(31)32/h2-6,9,11,19,21H,7-8,10,12-14H2,1H3,(H,26,29)(H,31,32)/t19-,21?/m0/s1. The van der Waals surface area contributed by atoms with Crippen LogP contribution in [0.3, 0.4) is 0 Å². The summed E-state index contributed by atoms with van der Waals surface area (Å²) in [5.41, 5.74) is 3.28. The highest BCUT2D eigenvalue weighted by Crippen LogP contribution is 2.27. The fraction of sp³-hybridized carbons (Fsp3) is 0.375. The molecule has 1 saturated heterocycles. The molecule has 1 fully saturated rings. The lowest BCUT2D eigenvalue weighted by Gasteiger charge is -2.32. The number of fused-ring (bicyclic) bond motifs is 1. The molecule has 2 atom stereocenters. The monoisotopic (exact) mass is 439 g/mol. The maximum Gasteiger partial charge on any atom is 0.335 e. The van der Waals surface area contributed by atoms with Crippen molar-refractivity contribution in [2.75, 3.05) is 32.0 Å². The normalized spacial score (nSPS) is 18.8. The number of carbonyl (C=O) groups excluding carboxylic acids is 2. The van der Waals surface area contributed by atoms with Crippen molar-refractivity contribution in [2.24, 2.45) is 0 Å². The first-order valence-corrected chi connectivity index (χ1v) is 10.7. The molecule has 2 aromatic rings. The Bertz CT molecular complexity index is 1060. The van der Waals surface area contributed by atoms with Crippen molar-refractivity contribution >= 4 is 23.5 Å². The van der Waals surface area contributed by atoms with Gasteiger partial charge in [0.2, 0.25) is 11.8 Å². The van der Waals surface area contributed by atoms with Crippen LogP contribution in [0.4, 0.5) is 10.1 Å². The number of carbonyl (C=O) groups is 3. The van der Waals surface area contributed by atoms with Crippen molar-refractivity contribution in [2.45, 2.75) is 31.5 Å². The van der Waals surface area contributed by atoms with Gasteiger partial charge in [0, 0.05) is 32.4 Å². The molecule has 0 aromatic heterocycles. The van der Waals surface area contributed by atoms with E-state index in [-0.39, 0.29) is 23.8 Å². The van der Waals surface area contributed by atoms with Crippen LogP contribution in [0.2, 0.25) is 0 Å². The average Bonchev–Trinajstić information content (AvgIpc) is 3.35. The van der Waals surface area contributed by atoms with Gasteiger partial charge in [-0.2, -0.15) is 0 Å². The number of carboxylic acids is 1. The van der Waals surface area contributed by atoms with Crippen molar-refractivity contribution in [1.29, 1.82) is 0 Å². The summed E-state index contributed by atoms with van der Waals surface area (Å²) in [6, 6.07) is 11.7. The van der Waals surface area contributed by atoms with Gasteiger partial charge >= 0.3 is 5.97 Å². The molecular formula is C24H26FN3O4. The molecule has 2 N–H and O–H groups in total. The van der Waals surface area contributed by atoms with E-state index in [1.54, 1.807) is 30.1 Å². The van der Waals surface area contributed by atoms with Gasteiger partial charge in [-0.15, -0.1) is 0 Å². The lowest BCUT2D eigenvalue weighted by Crippen LogP contribution is -2.39. The maximum atomic E-state index is 13.8. The SMILES string of the molecule is CN(C(=O)Cc1ccc2c(c1)NC(=O)C2)C(CN1CC[C@H](F)C1)c1cccc(C(=O)O)c1. The Morgan fingerprint density at radius 2 is 2.09 bits per heavy atom. The second-order valence-corrected chi connectivity index (χ2v) is 8.49. The van der Waals surface area contributed by atoms with Gasteiger partial charge in [0.25, 0.3) is 0 Å². The molecule has 2 aliphatic heterocycles. The number of likely N-dealkylation sites (tertiary alicyclic amines) is 1. The number of hydrogen-bond donors (Lipinski definition) is 2. The van der Waals surface area contributed by atoms with E-state index in [2.05, 4.69) is 5.32 Å². The predicted molar refractivity (Wildman–Crippen MR) is 117 cm³/mol. The van der Waals surface area contributed by atoms with E-state index in [0.717, 1.165) is 16.8 Å². The molecular weight excluding hydrogens is 413 g/mol. The third-order valence-electron chi connectivity index (χ3n) is 6.18.